The van der Waals surface area contributed by atoms with Gasteiger partial charge in [0, 0.05) is 18.4 Å². The molecule has 0 fully saturated rings. The van der Waals surface area contributed by atoms with Crippen LogP contribution in [0, 0.1) is 0 Å². The summed E-state index contributed by atoms with van der Waals surface area (Å²) in [6.07, 6.45) is 2.83. The third-order valence-corrected chi connectivity index (χ3v) is 4.14. The summed E-state index contributed by atoms with van der Waals surface area (Å²) in [6, 6.07) is 4.59. The maximum atomic E-state index is 11.8. The number of ether oxygens (including phenoxy) is 1. The first-order valence-corrected chi connectivity index (χ1v) is 8.05. The van der Waals surface area contributed by atoms with Crippen LogP contribution in [0.25, 0.3) is 0 Å². The van der Waals surface area contributed by atoms with Gasteiger partial charge in [-0.3, -0.25) is 4.79 Å². The summed E-state index contributed by atoms with van der Waals surface area (Å²) in [5.74, 6) is -0.650. The Balaban J connectivity index is 2.74. The van der Waals surface area contributed by atoms with E-state index in [1.54, 1.807) is 18.2 Å². The molecule has 0 saturated carbocycles. The Labute approximate surface area is 140 Å². The molecule has 2 N–H and O–H groups in total. The van der Waals surface area contributed by atoms with Crippen molar-refractivity contribution >= 4 is 35.5 Å². The molecule has 6 heteroatoms. The number of carbonyl (C=O) groups is 2. The fraction of sp³-hybridized carbons (Fsp3) is 0.500. The number of nitrogens with two attached hydrogens (primary N) is 1. The molecular formula is C16H21Cl2NO3. The van der Waals surface area contributed by atoms with Gasteiger partial charge in [0.1, 0.15) is 6.29 Å². The van der Waals surface area contributed by atoms with E-state index in [9.17, 15) is 9.59 Å². The van der Waals surface area contributed by atoms with E-state index < -0.39 is 6.04 Å². The lowest BCUT2D eigenvalue weighted by Gasteiger charge is -2.22. The molecule has 1 rings (SSSR count). The fourth-order valence-corrected chi connectivity index (χ4v) is 2.44. The van der Waals surface area contributed by atoms with Crippen molar-refractivity contribution in [2.24, 2.45) is 5.73 Å². The molecule has 2 unspecified atom stereocenters. The van der Waals surface area contributed by atoms with Crippen LogP contribution in [0.1, 0.15) is 44.1 Å². The van der Waals surface area contributed by atoms with Crippen molar-refractivity contribution in [3.8, 4) is 0 Å². The Bertz CT molecular complexity index is 508. The Morgan fingerprint density at radius 2 is 2.09 bits per heavy atom. The average molecular weight is 346 g/mol. The average Bonchev–Trinajstić information content (AvgIpc) is 2.48. The van der Waals surface area contributed by atoms with Crippen LogP contribution in [-0.2, 0) is 14.3 Å². The summed E-state index contributed by atoms with van der Waals surface area (Å²) in [4.78, 5) is 22.7. The minimum atomic E-state index is -0.517. The fourth-order valence-electron chi connectivity index (χ4n) is 2.13. The van der Waals surface area contributed by atoms with E-state index in [1.165, 1.54) is 0 Å². The monoisotopic (exact) mass is 345 g/mol. The van der Waals surface area contributed by atoms with Gasteiger partial charge < -0.3 is 15.3 Å². The first-order chi connectivity index (χ1) is 10.5. The third kappa shape index (κ3) is 5.95. The molecule has 0 aliphatic carbocycles. The van der Waals surface area contributed by atoms with E-state index in [1.807, 2.05) is 6.92 Å². The van der Waals surface area contributed by atoms with Crippen molar-refractivity contribution in [3.05, 3.63) is 33.8 Å². The molecule has 0 aromatic heterocycles. The van der Waals surface area contributed by atoms with Gasteiger partial charge in [-0.25, -0.2) is 0 Å². The Morgan fingerprint density at radius 3 is 2.68 bits per heavy atom. The molecule has 0 saturated heterocycles. The molecule has 1 aromatic rings. The molecule has 122 valence electrons. The van der Waals surface area contributed by atoms with Crippen molar-refractivity contribution in [2.45, 2.75) is 44.6 Å². The lowest BCUT2D eigenvalue weighted by Crippen LogP contribution is -2.32. The molecule has 0 amide bonds. The zero-order valence-electron chi connectivity index (χ0n) is 12.6. The summed E-state index contributed by atoms with van der Waals surface area (Å²) < 4.78 is 5.11. The van der Waals surface area contributed by atoms with Gasteiger partial charge in [0.2, 0.25) is 0 Å². The molecule has 0 heterocycles. The van der Waals surface area contributed by atoms with Gasteiger partial charge in [0.05, 0.1) is 23.1 Å². The van der Waals surface area contributed by atoms with E-state index in [2.05, 4.69) is 0 Å². The predicted molar refractivity (Wildman–Crippen MR) is 88.3 cm³/mol. The van der Waals surface area contributed by atoms with Gasteiger partial charge in [-0.2, -0.15) is 0 Å². The normalized spacial score (nSPS) is 13.5. The van der Waals surface area contributed by atoms with Crippen molar-refractivity contribution in [3.63, 3.8) is 0 Å². The van der Waals surface area contributed by atoms with Crippen LogP contribution in [0.3, 0.4) is 0 Å². The van der Waals surface area contributed by atoms with Crippen molar-refractivity contribution in [1.29, 1.82) is 0 Å². The highest BCUT2D eigenvalue weighted by atomic mass is 35.5. The second-order valence-corrected chi connectivity index (χ2v) is 5.94. The Kier molecular flexibility index (Phi) is 8.46. The van der Waals surface area contributed by atoms with Gasteiger partial charge in [0.15, 0.2) is 0 Å². The van der Waals surface area contributed by atoms with Gasteiger partial charge in [-0.05, 0) is 24.1 Å². The number of carbonyl (C=O) groups excluding carboxylic acids is 2. The number of esters is 1. The topological polar surface area (TPSA) is 69.4 Å². The van der Waals surface area contributed by atoms with Gasteiger partial charge in [-0.1, -0.05) is 42.6 Å². The first kappa shape index (κ1) is 18.9. The maximum absolute atomic E-state index is 11.8. The highest BCUT2D eigenvalue weighted by molar-refractivity contribution is 6.42. The van der Waals surface area contributed by atoms with Crippen LogP contribution in [-0.4, -0.2) is 24.9 Å². The molecule has 0 aliphatic rings. The number of hydrogen-bond acceptors (Lipinski definition) is 4. The molecule has 2 atom stereocenters. The highest BCUT2D eigenvalue weighted by Crippen LogP contribution is 2.30. The summed E-state index contributed by atoms with van der Waals surface area (Å²) in [5, 5.41) is 0.829. The quantitative estimate of drug-likeness (QED) is 0.420. The number of hydrogen-bond donors (Lipinski definition) is 1. The second-order valence-electron chi connectivity index (χ2n) is 5.12. The van der Waals surface area contributed by atoms with Crippen LogP contribution < -0.4 is 5.73 Å². The molecule has 4 nitrogen and oxygen atoms in total. The molecule has 0 spiro atoms. The van der Waals surface area contributed by atoms with E-state index in [4.69, 9.17) is 33.7 Å². The van der Waals surface area contributed by atoms with E-state index in [0.29, 0.717) is 16.7 Å². The number of unbranched alkanes of at least 4 members (excludes halogenated alkanes) is 1. The number of benzene rings is 1. The van der Waals surface area contributed by atoms with Crippen molar-refractivity contribution in [1.82, 2.24) is 0 Å². The van der Waals surface area contributed by atoms with Crippen molar-refractivity contribution < 1.29 is 14.3 Å². The first-order valence-electron chi connectivity index (χ1n) is 7.29. The lowest BCUT2D eigenvalue weighted by molar-refractivity contribution is -0.144. The van der Waals surface area contributed by atoms with Gasteiger partial charge in [-0.15, -0.1) is 0 Å². The van der Waals surface area contributed by atoms with Crippen LogP contribution in [0.2, 0.25) is 10.0 Å². The zero-order chi connectivity index (χ0) is 16.5. The van der Waals surface area contributed by atoms with Crippen molar-refractivity contribution in [2.75, 3.05) is 6.61 Å². The van der Waals surface area contributed by atoms with Crippen LogP contribution in [0.4, 0.5) is 0 Å². The minimum Gasteiger partial charge on any atom is -0.466 e. The van der Waals surface area contributed by atoms with Gasteiger partial charge >= 0.3 is 5.97 Å². The molecule has 0 aliphatic heterocycles. The smallest absolute Gasteiger partial charge is 0.307 e. The molecule has 1 aromatic carbocycles. The van der Waals surface area contributed by atoms with Crippen LogP contribution in [0.5, 0.6) is 0 Å². The summed E-state index contributed by atoms with van der Waals surface area (Å²) >= 11 is 11.9. The highest BCUT2D eigenvalue weighted by Gasteiger charge is 2.23. The molecule has 0 radical (unpaired) electrons. The second kappa shape index (κ2) is 9.82. The molecule has 0 bridgehead atoms. The molecule has 22 heavy (non-hydrogen) atoms. The summed E-state index contributed by atoms with van der Waals surface area (Å²) in [5.41, 5.74) is 6.88. The summed E-state index contributed by atoms with van der Waals surface area (Å²) in [7, 11) is 0. The van der Waals surface area contributed by atoms with E-state index >= 15 is 0 Å². The SMILES string of the molecule is CCCCOC(=O)CC(N)C(CC=O)c1ccc(Cl)c(Cl)c1. The summed E-state index contributed by atoms with van der Waals surface area (Å²) in [6.45, 7) is 2.41. The predicted octanol–water partition coefficient (Wildman–Crippen LogP) is 3.73. The minimum absolute atomic E-state index is 0.0580. The molecular weight excluding hydrogens is 325 g/mol. The third-order valence-electron chi connectivity index (χ3n) is 3.40. The van der Waals surface area contributed by atoms with E-state index in [0.717, 1.165) is 24.7 Å². The maximum Gasteiger partial charge on any atom is 0.307 e. The number of halogens is 2. The Morgan fingerprint density at radius 1 is 1.36 bits per heavy atom. The standard InChI is InChI=1S/C16H21Cl2NO3/c1-2-3-8-22-16(21)10-15(19)12(6-7-20)11-4-5-13(17)14(18)9-11/h4-5,7,9,12,15H,2-3,6,8,10,19H2,1H3. The Hall–Kier alpha value is -1.10. The number of aldehydes is 1. The van der Waals surface area contributed by atoms with Gasteiger partial charge in [0.25, 0.3) is 0 Å². The zero-order valence-corrected chi connectivity index (χ0v) is 14.1. The number of rotatable bonds is 9. The largest absolute Gasteiger partial charge is 0.466 e. The van der Waals surface area contributed by atoms with Crippen LogP contribution >= 0.6 is 23.2 Å². The lowest BCUT2D eigenvalue weighted by atomic mass is 9.88. The van der Waals surface area contributed by atoms with Crippen LogP contribution in [0.15, 0.2) is 18.2 Å². The van der Waals surface area contributed by atoms with E-state index in [-0.39, 0.29) is 24.7 Å².